The molecule has 0 aliphatic carbocycles. The van der Waals surface area contributed by atoms with Crippen molar-refractivity contribution in [2.24, 2.45) is 0 Å². The number of benzene rings is 2. The fraction of sp³-hybridized carbons (Fsp3) is 0.304. The SMILES string of the molecule is CCOC(=O)[C@@H]1Oc2c(c(=O)oc3ccccc23)[C@@H]1c1ccc(C(C)C)cc1. The fourth-order valence-electron chi connectivity index (χ4n) is 3.72. The lowest BCUT2D eigenvalue weighted by molar-refractivity contribution is -0.151. The van der Waals surface area contributed by atoms with Crippen LogP contribution in [0.3, 0.4) is 0 Å². The van der Waals surface area contributed by atoms with Crippen molar-refractivity contribution in [1.82, 2.24) is 0 Å². The Bertz CT molecular complexity index is 1080. The smallest absolute Gasteiger partial charge is 0.348 e. The first-order valence-electron chi connectivity index (χ1n) is 9.50. The lowest BCUT2D eigenvalue weighted by Gasteiger charge is -2.18. The molecule has 4 rings (SSSR count). The molecule has 2 aromatic carbocycles. The molecule has 3 aromatic rings. The third kappa shape index (κ3) is 2.97. The van der Waals surface area contributed by atoms with E-state index in [0.29, 0.717) is 28.2 Å². The van der Waals surface area contributed by atoms with Gasteiger partial charge in [-0.2, -0.15) is 0 Å². The molecule has 5 nitrogen and oxygen atoms in total. The zero-order valence-electron chi connectivity index (χ0n) is 16.1. The highest BCUT2D eigenvalue weighted by Gasteiger charge is 2.45. The monoisotopic (exact) mass is 378 g/mol. The molecule has 0 fully saturated rings. The van der Waals surface area contributed by atoms with E-state index in [2.05, 4.69) is 13.8 Å². The number of para-hydroxylation sites is 1. The van der Waals surface area contributed by atoms with Crippen LogP contribution in [-0.4, -0.2) is 18.7 Å². The van der Waals surface area contributed by atoms with Crippen molar-refractivity contribution >= 4 is 16.9 Å². The highest BCUT2D eigenvalue weighted by atomic mass is 16.6. The van der Waals surface area contributed by atoms with Crippen molar-refractivity contribution in [2.45, 2.75) is 38.7 Å². The minimum atomic E-state index is -0.923. The largest absolute Gasteiger partial charge is 0.476 e. The van der Waals surface area contributed by atoms with Crippen molar-refractivity contribution in [3.63, 3.8) is 0 Å². The Morgan fingerprint density at radius 1 is 1.11 bits per heavy atom. The predicted molar refractivity (Wildman–Crippen MR) is 106 cm³/mol. The van der Waals surface area contributed by atoms with Crippen LogP contribution in [0.5, 0.6) is 5.75 Å². The Balaban J connectivity index is 1.90. The average Bonchev–Trinajstić information content (AvgIpc) is 3.10. The van der Waals surface area contributed by atoms with Crippen LogP contribution < -0.4 is 10.4 Å². The molecule has 0 unspecified atom stereocenters. The van der Waals surface area contributed by atoms with Crippen LogP contribution >= 0.6 is 0 Å². The van der Waals surface area contributed by atoms with E-state index in [1.54, 1.807) is 19.1 Å². The van der Waals surface area contributed by atoms with Crippen LogP contribution in [0.1, 0.15) is 49.3 Å². The first-order valence-corrected chi connectivity index (χ1v) is 9.50. The van der Waals surface area contributed by atoms with Crippen molar-refractivity contribution in [3.8, 4) is 5.75 Å². The van der Waals surface area contributed by atoms with Crippen LogP contribution in [0.15, 0.2) is 57.7 Å². The highest BCUT2D eigenvalue weighted by Crippen LogP contribution is 2.44. The summed E-state index contributed by atoms with van der Waals surface area (Å²) < 4.78 is 16.8. The van der Waals surface area contributed by atoms with E-state index >= 15 is 0 Å². The van der Waals surface area contributed by atoms with Gasteiger partial charge in [0, 0.05) is 0 Å². The molecule has 2 atom stereocenters. The molecule has 0 radical (unpaired) electrons. The zero-order chi connectivity index (χ0) is 19.8. The van der Waals surface area contributed by atoms with E-state index in [9.17, 15) is 9.59 Å². The van der Waals surface area contributed by atoms with Gasteiger partial charge in [-0.05, 0) is 36.1 Å². The van der Waals surface area contributed by atoms with E-state index in [-0.39, 0.29) is 6.61 Å². The van der Waals surface area contributed by atoms with Gasteiger partial charge in [0.2, 0.25) is 6.10 Å². The van der Waals surface area contributed by atoms with Crippen LogP contribution in [0, 0.1) is 0 Å². The lowest BCUT2D eigenvalue weighted by Crippen LogP contribution is -2.32. The summed E-state index contributed by atoms with van der Waals surface area (Å²) in [6.07, 6.45) is -0.923. The summed E-state index contributed by atoms with van der Waals surface area (Å²) in [6, 6.07) is 15.1. The molecule has 1 aliphatic rings. The molecular weight excluding hydrogens is 356 g/mol. The molecular formula is C23H22O5. The van der Waals surface area contributed by atoms with E-state index in [4.69, 9.17) is 13.9 Å². The van der Waals surface area contributed by atoms with Crippen LogP contribution in [0.25, 0.3) is 11.0 Å². The number of rotatable bonds is 4. The summed E-state index contributed by atoms with van der Waals surface area (Å²) in [4.78, 5) is 25.5. The van der Waals surface area contributed by atoms with Crippen LogP contribution in [-0.2, 0) is 9.53 Å². The van der Waals surface area contributed by atoms with Gasteiger partial charge in [0.1, 0.15) is 11.3 Å². The molecule has 0 spiro atoms. The molecule has 28 heavy (non-hydrogen) atoms. The fourth-order valence-corrected chi connectivity index (χ4v) is 3.72. The Kier molecular flexibility index (Phi) is 4.67. The van der Waals surface area contributed by atoms with Gasteiger partial charge in [-0.3, -0.25) is 0 Å². The summed E-state index contributed by atoms with van der Waals surface area (Å²) in [5.74, 6) is -0.268. The van der Waals surface area contributed by atoms with Crippen molar-refractivity contribution in [3.05, 3.63) is 75.6 Å². The van der Waals surface area contributed by atoms with Gasteiger partial charge in [-0.25, -0.2) is 9.59 Å². The Labute approximate surface area is 162 Å². The van der Waals surface area contributed by atoms with Crippen LogP contribution in [0.4, 0.5) is 0 Å². The quantitative estimate of drug-likeness (QED) is 0.498. The standard InChI is InChI=1S/C23H22O5/c1-4-26-23(25)21-18(15-11-9-14(10-12-15)13(2)3)19-20(28-21)16-7-5-6-8-17(16)27-22(19)24/h5-13,18,21H,4H2,1-3H3/t18-,21+/m0/s1. The number of fused-ring (bicyclic) bond motifs is 3. The van der Waals surface area contributed by atoms with E-state index in [1.165, 1.54) is 5.56 Å². The van der Waals surface area contributed by atoms with Gasteiger partial charge in [0.25, 0.3) is 0 Å². The number of esters is 1. The molecule has 5 heteroatoms. The molecule has 0 amide bonds. The van der Waals surface area contributed by atoms with Gasteiger partial charge < -0.3 is 13.9 Å². The number of hydrogen-bond acceptors (Lipinski definition) is 5. The molecule has 0 saturated heterocycles. The number of hydrogen-bond donors (Lipinski definition) is 0. The number of carbonyl (C=O) groups is 1. The van der Waals surface area contributed by atoms with E-state index < -0.39 is 23.6 Å². The summed E-state index contributed by atoms with van der Waals surface area (Å²) in [5, 5.41) is 0.674. The third-order valence-corrected chi connectivity index (χ3v) is 5.14. The predicted octanol–water partition coefficient (Wildman–Crippen LogP) is 4.37. The lowest BCUT2D eigenvalue weighted by atomic mass is 9.87. The first kappa shape index (κ1) is 18.3. The topological polar surface area (TPSA) is 65.7 Å². The first-order chi connectivity index (χ1) is 13.5. The maximum atomic E-state index is 12.8. The highest BCUT2D eigenvalue weighted by molar-refractivity contribution is 5.88. The summed E-state index contributed by atoms with van der Waals surface area (Å²) >= 11 is 0. The van der Waals surface area contributed by atoms with Crippen molar-refractivity contribution in [2.75, 3.05) is 6.61 Å². The summed E-state index contributed by atoms with van der Waals surface area (Å²) in [7, 11) is 0. The van der Waals surface area contributed by atoms with Gasteiger partial charge in [-0.1, -0.05) is 50.2 Å². The van der Waals surface area contributed by atoms with Gasteiger partial charge in [-0.15, -0.1) is 0 Å². The molecule has 0 N–H and O–H groups in total. The molecule has 1 aliphatic heterocycles. The second-order valence-corrected chi connectivity index (χ2v) is 7.22. The van der Waals surface area contributed by atoms with Gasteiger partial charge in [0.05, 0.1) is 23.5 Å². The van der Waals surface area contributed by atoms with Gasteiger partial charge in [0.15, 0.2) is 0 Å². The summed E-state index contributed by atoms with van der Waals surface area (Å²) in [5.41, 5.74) is 2.32. The second kappa shape index (κ2) is 7.15. The van der Waals surface area contributed by atoms with E-state index in [1.807, 2.05) is 36.4 Å². The Hall–Kier alpha value is -3.08. The van der Waals surface area contributed by atoms with Crippen molar-refractivity contribution < 1.29 is 18.7 Å². The van der Waals surface area contributed by atoms with Crippen molar-refractivity contribution in [1.29, 1.82) is 0 Å². The third-order valence-electron chi connectivity index (χ3n) is 5.14. The maximum absolute atomic E-state index is 12.8. The average molecular weight is 378 g/mol. The maximum Gasteiger partial charge on any atom is 0.348 e. The zero-order valence-corrected chi connectivity index (χ0v) is 16.1. The van der Waals surface area contributed by atoms with E-state index in [0.717, 1.165) is 5.56 Å². The van der Waals surface area contributed by atoms with Gasteiger partial charge >= 0.3 is 11.6 Å². The minimum Gasteiger partial charge on any atom is -0.476 e. The Morgan fingerprint density at radius 2 is 1.82 bits per heavy atom. The molecule has 0 bridgehead atoms. The molecule has 0 saturated carbocycles. The molecule has 1 aromatic heterocycles. The second-order valence-electron chi connectivity index (χ2n) is 7.22. The normalized spacial score (nSPS) is 18.1. The molecule has 144 valence electrons. The minimum absolute atomic E-state index is 0.239. The number of ether oxygens (including phenoxy) is 2. The number of carbonyl (C=O) groups excluding carboxylic acids is 1. The summed E-state index contributed by atoms with van der Waals surface area (Å²) in [6.45, 7) is 6.22. The van der Waals surface area contributed by atoms with Crippen LogP contribution in [0.2, 0.25) is 0 Å². The molecule has 2 heterocycles. The Morgan fingerprint density at radius 3 is 2.50 bits per heavy atom.